The second-order valence-electron chi connectivity index (χ2n) is 6.40. The summed E-state index contributed by atoms with van der Waals surface area (Å²) in [5.74, 6) is -0.778. The standard InChI is InChI=1S/C17H23FN4O2/c18-13-9-15(17(19)24)22(10-13)11-16(23)20-6-8-21-7-5-12-3-1-2-4-14(12)21/h1-4,13,15H,5-11H2,(H2,19,24)(H,20,23)/t13-,15+/m1/s1. The molecule has 1 saturated heterocycles. The molecule has 0 aromatic heterocycles. The number of nitrogens with zero attached hydrogens (tertiary/aromatic N) is 2. The predicted octanol–water partition coefficient (Wildman–Crippen LogP) is 0.0630. The van der Waals surface area contributed by atoms with Crippen LogP contribution in [0.4, 0.5) is 10.1 Å². The zero-order valence-electron chi connectivity index (χ0n) is 13.6. The maximum Gasteiger partial charge on any atom is 0.234 e. The summed E-state index contributed by atoms with van der Waals surface area (Å²) in [6.07, 6.45) is -0.000105. The van der Waals surface area contributed by atoms with Crippen LogP contribution < -0.4 is 16.0 Å². The van der Waals surface area contributed by atoms with Crippen LogP contribution in [0.2, 0.25) is 0 Å². The molecule has 2 aliphatic rings. The lowest BCUT2D eigenvalue weighted by Gasteiger charge is -2.22. The van der Waals surface area contributed by atoms with Crippen molar-refractivity contribution < 1.29 is 14.0 Å². The SMILES string of the molecule is NC(=O)[C@@H]1C[C@@H](F)CN1CC(=O)NCCN1CCc2ccccc21. The number of primary amides is 1. The van der Waals surface area contributed by atoms with E-state index in [2.05, 4.69) is 22.3 Å². The van der Waals surface area contributed by atoms with Crippen LogP contribution in [-0.4, -0.2) is 61.7 Å². The lowest BCUT2D eigenvalue weighted by Crippen LogP contribution is -2.46. The van der Waals surface area contributed by atoms with Crippen molar-refractivity contribution >= 4 is 17.5 Å². The third-order valence-corrected chi connectivity index (χ3v) is 4.71. The van der Waals surface area contributed by atoms with Gasteiger partial charge in [0.25, 0.3) is 0 Å². The smallest absolute Gasteiger partial charge is 0.234 e. The van der Waals surface area contributed by atoms with Gasteiger partial charge in [0.05, 0.1) is 12.6 Å². The normalized spacial score (nSPS) is 23.3. The lowest BCUT2D eigenvalue weighted by atomic mass is 10.2. The molecule has 7 heteroatoms. The van der Waals surface area contributed by atoms with Gasteiger partial charge in [0.15, 0.2) is 0 Å². The Kier molecular flexibility index (Phi) is 4.99. The monoisotopic (exact) mass is 334 g/mol. The van der Waals surface area contributed by atoms with Gasteiger partial charge >= 0.3 is 0 Å². The number of carbonyl (C=O) groups is 2. The average molecular weight is 334 g/mol. The van der Waals surface area contributed by atoms with E-state index in [0.29, 0.717) is 6.54 Å². The molecule has 1 aromatic rings. The Morgan fingerprint density at radius 2 is 2.12 bits per heavy atom. The first-order valence-electron chi connectivity index (χ1n) is 8.31. The Morgan fingerprint density at radius 3 is 2.92 bits per heavy atom. The van der Waals surface area contributed by atoms with Crippen molar-refractivity contribution in [3.8, 4) is 0 Å². The second-order valence-corrected chi connectivity index (χ2v) is 6.40. The molecule has 2 heterocycles. The molecule has 6 nitrogen and oxygen atoms in total. The molecule has 130 valence electrons. The van der Waals surface area contributed by atoms with Crippen molar-refractivity contribution in [2.75, 3.05) is 37.6 Å². The summed E-state index contributed by atoms with van der Waals surface area (Å²) < 4.78 is 13.4. The number of amides is 2. The third kappa shape index (κ3) is 3.67. The van der Waals surface area contributed by atoms with Gasteiger partial charge in [-0.15, -0.1) is 0 Å². The van der Waals surface area contributed by atoms with Crippen molar-refractivity contribution in [2.24, 2.45) is 5.73 Å². The van der Waals surface area contributed by atoms with Crippen molar-refractivity contribution in [3.63, 3.8) is 0 Å². The Labute approximate surface area is 140 Å². The molecule has 2 atom stereocenters. The van der Waals surface area contributed by atoms with Crippen LogP contribution >= 0.6 is 0 Å². The predicted molar refractivity (Wildman–Crippen MR) is 89.4 cm³/mol. The topological polar surface area (TPSA) is 78.7 Å². The van der Waals surface area contributed by atoms with Crippen molar-refractivity contribution in [1.29, 1.82) is 0 Å². The first kappa shape index (κ1) is 16.7. The molecular formula is C17H23FN4O2. The van der Waals surface area contributed by atoms with Crippen molar-refractivity contribution in [2.45, 2.75) is 25.1 Å². The molecular weight excluding hydrogens is 311 g/mol. The van der Waals surface area contributed by atoms with E-state index < -0.39 is 18.1 Å². The number of fused-ring (bicyclic) bond motifs is 1. The number of alkyl halides is 1. The Balaban J connectivity index is 1.44. The Hall–Kier alpha value is -2.15. The highest BCUT2D eigenvalue weighted by Gasteiger charge is 2.36. The fourth-order valence-corrected chi connectivity index (χ4v) is 3.53. The van der Waals surface area contributed by atoms with Gasteiger partial charge in [-0.05, 0) is 18.1 Å². The molecule has 0 bridgehead atoms. The number of benzene rings is 1. The van der Waals surface area contributed by atoms with Gasteiger partial charge in [-0.3, -0.25) is 14.5 Å². The largest absolute Gasteiger partial charge is 0.369 e. The van der Waals surface area contributed by atoms with Crippen molar-refractivity contribution in [3.05, 3.63) is 29.8 Å². The zero-order chi connectivity index (χ0) is 17.1. The number of nitrogens with two attached hydrogens (primary N) is 1. The number of hydrogen-bond acceptors (Lipinski definition) is 4. The van der Waals surface area contributed by atoms with Gasteiger partial charge in [0, 0.05) is 38.3 Å². The highest BCUT2D eigenvalue weighted by Crippen LogP contribution is 2.26. The van der Waals surface area contributed by atoms with E-state index in [1.165, 1.54) is 16.2 Å². The molecule has 1 aromatic carbocycles. The Morgan fingerprint density at radius 1 is 1.33 bits per heavy atom. The van der Waals surface area contributed by atoms with E-state index >= 15 is 0 Å². The van der Waals surface area contributed by atoms with Crippen LogP contribution in [0.5, 0.6) is 0 Å². The summed E-state index contributed by atoms with van der Waals surface area (Å²) in [6.45, 7) is 2.29. The number of para-hydroxylation sites is 1. The molecule has 2 aliphatic heterocycles. The number of carbonyl (C=O) groups excluding carboxylic acids is 2. The number of anilines is 1. The minimum atomic E-state index is -1.10. The number of halogens is 1. The summed E-state index contributed by atoms with van der Waals surface area (Å²) >= 11 is 0. The van der Waals surface area contributed by atoms with Gasteiger partial charge in [0.1, 0.15) is 6.17 Å². The maximum absolute atomic E-state index is 13.4. The number of nitrogens with one attached hydrogen (secondary N) is 1. The summed E-state index contributed by atoms with van der Waals surface area (Å²) in [6, 6.07) is 7.58. The molecule has 0 saturated carbocycles. The lowest BCUT2D eigenvalue weighted by molar-refractivity contribution is -0.125. The highest BCUT2D eigenvalue weighted by molar-refractivity contribution is 5.83. The molecule has 0 aliphatic carbocycles. The summed E-state index contributed by atoms with van der Waals surface area (Å²) in [7, 11) is 0. The van der Waals surface area contributed by atoms with E-state index in [-0.39, 0.29) is 25.4 Å². The Bertz CT molecular complexity index is 624. The molecule has 3 N–H and O–H groups in total. The van der Waals surface area contributed by atoms with Crippen LogP contribution in [0, 0.1) is 0 Å². The minimum absolute atomic E-state index is 0.00458. The van der Waals surface area contributed by atoms with Gasteiger partial charge < -0.3 is 16.0 Å². The maximum atomic E-state index is 13.4. The van der Waals surface area contributed by atoms with Crippen LogP contribution in [-0.2, 0) is 16.0 Å². The first-order chi connectivity index (χ1) is 11.5. The molecule has 3 rings (SSSR count). The fourth-order valence-electron chi connectivity index (χ4n) is 3.53. The van der Waals surface area contributed by atoms with E-state index in [1.54, 1.807) is 0 Å². The number of hydrogen-bond donors (Lipinski definition) is 2. The molecule has 24 heavy (non-hydrogen) atoms. The highest BCUT2D eigenvalue weighted by atomic mass is 19.1. The minimum Gasteiger partial charge on any atom is -0.369 e. The van der Waals surface area contributed by atoms with E-state index in [9.17, 15) is 14.0 Å². The van der Waals surface area contributed by atoms with Gasteiger partial charge in [0.2, 0.25) is 11.8 Å². The van der Waals surface area contributed by atoms with E-state index in [0.717, 1.165) is 19.5 Å². The van der Waals surface area contributed by atoms with E-state index in [4.69, 9.17) is 5.73 Å². The molecule has 0 radical (unpaired) electrons. The van der Waals surface area contributed by atoms with Gasteiger partial charge in [-0.1, -0.05) is 18.2 Å². The molecule has 1 fully saturated rings. The van der Waals surface area contributed by atoms with Crippen LogP contribution in [0.1, 0.15) is 12.0 Å². The average Bonchev–Trinajstić information content (AvgIpc) is 3.11. The summed E-state index contributed by atoms with van der Waals surface area (Å²) in [4.78, 5) is 27.1. The van der Waals surface area contributed by atoms with Crippen LogP contribution in [0.15, 0.2) is 24.3 Å². The number of likely N-dealkylation sites (tertiary alicyclic amines) is 1. The number of rotatable bonds is 6. The molecule has 0 spiro atoms. The summed E-state index contributed by atoms with van der Waals surface area (Å²) in [5, 5.41) is 2.84. The molecule has 0 unspecified atom stereocenters. The third-order valence-electron chi connectivity index (χ3n) is 4.71. The van der Waals surface area contributed by atoms with E-state index in [1.807, 2.05) is 12.1 Å². The quantitative estimate of drug-likeness (QED) is 0.771. The molecule has 2 amide bonds. The summed E-state index contributed by atoms with van der Waals surface area (Å²) in [5.41, 5.74) is 7.82. The zero-order valence-corrected chi connectivity index (χ0v) is 13.6. The van der Waals surface area contributed by atoms with Crippen LogP contribution in [0.25, 0.3) is 0 Å². The fraction of sp³-hybridized carbons (Fsp3) is 0.529. The van der Waals surface area contributed by atoms with Crippen LogP contribution in [0.3, 0.4) is 0 Å². The van der Waals surface area contributed by atoms with Gasteiger partial charge in [-0.25, -0.2) is 4.39 Å². The second kappa shape index (κ2) is 7.17. The first-order valence-corrected chi connectivity index (χ1v) is 8.31. The van der Waals surface area contributed by atoms with Gasteiger partial charge in [-0.2, -0.15) is 0 Å². The van der Waals surface area contributed by atoms with Crippen molar-refractivity contribution in [1.82, 2.24) is 10.2 Å².